The van der Waals surface area contributed by atoms with E-state index in [1.807, 2.05) is 31.2 Å². The Morgan fingerprint density at radius 1 is 1.05 bits per heavy atom. The van der Waals surface area contributed by atoms with Gasteiger partial charge in [-0.1, -0.05) is 35.9 Å². The standard InChI is InChI=1S/C17H18N2O2/c1-12-6-8-13(9-7-12)10-16(20)19-15-5-3-4-14(11-15)17(21)18-2/h3-9,11H,10H2,1-2H3,(H,18,21)(H,19,20). The second-order valence-electron chi connectivity index (χ2n) is 4.87. The van der Waals surface area contributed by atoms with Crippen LogP contribution in [0.5, 0.6) is 0 Å². The number of rotatable bonds is 4. The van der Waals surface area contributed by atoms with Gasteiger partial charge >= 0.3 is 0 Å². The van der Waals surface area contributed by atoms with Gasteiger partial charge in [0.15, 0.2) is 0 Å². The monoisotopic (exact) mass is 282 g/mol. The molecule has 0 aliphatic carbocycles. The minimum Gasteiger partial charge on any atom is -0.355 e. The normalized spacial score (nSPS) is 10.0. The van der Waals surface area contributed by atoms with Crippen molar-refractivity contribution in [2.24, 2.45) is 0 Å². The van der Waals surface area contributed by atoms with Gasteiger partial charge < -0.3 is 10.6 Å². The average molecular weight is 282 g/mol. The van der Waals surface area contributed by atoms with E-state index in [-0.39, 0.29) is 11.8 Å². The molecule has 0 saturated carbocycles. The highest BCUT2D eigenvalue weighted by atomic mass is 16.2. The zero-order valence-corrected chi connectivity index (χ0v) is 12.1. The molecule has 0 radical (unpaired) electrons. The Kier molecular flexibility index (Phi) is 4.72. The van der Waals surface area contributed by atoms with Crippen molar-refractivity contribution in [3.8, 4) is 0 Å². The fourth-order valence-electron chi connectivity index (χ4n) is 1.98. The van der Waals surface area contributed by atoms with E-state index in [0.717, 1.165) is 11.1 Å². The Balaban J connectivity index is 2.02. The maximum Gasteiger partial charge on any atom is 0.251 e. The van der Waals surface area contributed by atoms with Gasteiger partial charge in [0.05, 0.1) is 6.42 Å². The minimum absolute atomic E-state index is 0.104. The molecular weight excluding hydrogens is 264 g/mol. The molecule has 0 saturated heterocycles. The molecule has 4 heteroatoms. The Morgan fingerprint density at radius 3 is 2.43 bits per heavy atom. The second kappa shape index (κ2) is 6.70. The molecule has 0 fully saturated rings. The molecular formula is C17H18N2O2. The molecule has 0 aromatic heterocycles. The quantitative estimate of drug-likeness (QED) is 0.905. The summed E-state index contributed by atoms with van der Waals surface area (Å²) in [4.78, 5) is 23.6. The van der Waals surface area contributed by atoms with Crippen molar-refractivity contribution in [3.05, 3.63) is 65.2 Å². The molecule has 0 aliphatic heterocycles. The number of amides is 2. The van der Waals surface area contributed by atoms with Crippen LogP contribution in [0.1, 0.15) is 21.5 Å². The van der Waals surface area contributed by atoms with Crippen LogP contribution in [0.25, 0.3) is 0 Å². The first-order valence-corrected chi connectivity index (χ1v) is 6.76. The van der Waals surface area contributed by atoms with Gasteiger partial charge in [0.25, 0.3) is 5.91 Å². The smallest absolute Gasteiger partial charge is 0.251 e. The topological polar surface area (TPSA) is 58.2 Å². The number of carbonyl (C=O) groups excluding carboxylic acids is 2. The van der Waals surface area contributed by atoms with Gasteiger partial charge in [0, 0.05) is 18.3 Å². The molecule has 108 valence electrons. The summed E-state index contributed by atoms with van der Waals surface area (Å²) in [5.41, 5.74) is 3.26. The van der Waals surface area contributed by atoms with Crippen molar-refractivity contribution in [2.45, 2.75) is 13.3 Å². The average Bonchev–Trinajstić information content (AvgIpc) is 2.49. The lowest BCUT2D eigenvalue weighted by Crippen LogP contribution is -2.19. The van der Waals surface area contributed by atoms with Crippen LogP contribution in [0.2, 0.25) is 0 Å². The van der Waals surface area contributed by atoms with E-state index in [1.165, 1.54) is 0 Å². The number of benzene rings is 2. The van der Waals surface area contributed by atoms with Crippen LogP contribution in [0.3, 0.4) is 0 Å². The highest BCUT2D eigenvalue weighted by Crippen LogP contribution is 2.12. The fourth-order valence-corrected chi connectivity index (χ4v) is 1.98. The van der Waals surface area contributed by atoms with Crippen LogP contribution in [-0.2, 0) is 11.2 Å². The molecule has 0 atom stereocenters. The number of hydrogen-bond acceptors (Lipinski definition) is 2. The van der Waals surface area contributed by atoms with Gasteiger partial charge in [-0.05, 0) is 30.7 Å². The summed E-state index contributed by atoms with van der Waals surface area (Å²) >= 11 is 0. The molecule has 2 aromatic carbocycles. The van der Waals surface area contributed by atoms with Crippen LogP contribution >= 0.6 is 0 Å². The first-order chi connectivity index (χ1) is 10.1. The Labute approximate surface area is 124 Å². The molecule has 4 nitrogen and oxygen atoms in total. The van der Waals surface area contributed by atoms with Gasteiger partial charge in [-0.25, -0.2) is 0 Å². The number of carbonyl (C=O) groups is 2. The summed E-state index contributed by atoms with van der Waals surface area (Å²) in [6.45, 7) is 2.01. The van der Waals surface area contributed by atoms with Gasteiger partial charge in [0.1, 0.15) is 0 Å². The molecule has 0 bridgehead atoms. The van der Waals surface area contributed by atoms with Gasteiger partial charge in [-0.2, -0.15) is 0 Å². The van der Waals surface area contributed by atoms with Crippen molar-refractivity contribution in [3.63, 3.8) is 0 Å². The van der Waals surface area contributed by atoms with Crippen LogP contribution in [0, 0.1) is 6.92 Å². The molecule has 2 amide bonds. The maximum atomic E-state index is 12.0. The second-order valence-corrected chi connectivity index (χ2v) is 4.87. The molecule has 0 unspecified atom stereocenters. The van der Waals surface area contributed by atoms with E-state index in [2.05, 4.69) is 10.6 Å². The van der Waals surface area contributed by atoms with Crippen molar-refractivity contribution in [2.75, 3.05) is 12.4 Å². The molecule has 0 spiro atoms. The third-order valence-electron chi connectivity index (χ3n) is 3.12. The first-order valence-electron chi connectivity index (χ1n) is 6.76. The lowest BCUT2D eigenvalue weighted by Gasteiger charge is -2.07. The third-order valence-corrected chi connectivity index (χ3v) is 3.12. The summed E-state index contributed by atoms with van der Waals surface area (Å²) in [5, 5.41) is 5.36. The van der Waals surface area contributed by atoms with Crippen molar-refractivity contribution in [1.29, 1.82) is 0 Å². The van der Waals surface area contributed by atoms with E-state index in [9.17, 15) is 9.59 Å². The number of hydrogen-bond donors (Lipinski definition) is 2. The van der Waals surface area contributed by atoms with Crippen LogP contribution in [0.15, 0.2) is 48.5 Å². The molecule has 21 heavy (non-hydrogen) atoms. The first kappa shape index (κ1) is 14.8. The molecule has 2 N–H and O–H groups in total. The van der Waals surface area contributed by atoms with Crippen molar-refractivity contribution < 1.29 is 9.59 Å². The van der Waals surface area contributed by atoms with E-state index < -0.39 is 0 Å². The predicted molar refractivity (Wildman–Crippen MR) is 83.3 cm³/mol. The molecule has 2 rings (SSSR count). The molecule has 0 heterocycles. The summed E-state index contributed by atoms with van der Waals surface area (Å²) < 4.78 is 0. The fraction of sp³-hybridized carbons (Fsp3) is 0.176. The highest BCUT2D eigenvalue weighted by molar-refractivity contribution is 5.97. The summed E-state index contributed by atoms with van der Waals surface area (Å²) in [6.07, 6.45) is 0.310. The third kappa shape index (κ3) is 4.18. The zero-order chi connectivity index (χ0) is 15.2. The molecule has 2 aromatic rings. The Hall–Kier alpha value is -2.62. The van der Waals surface area contributed by atoms with Gasteiger partial charge in [-0.3, -0.25) is 9.59 Å². The number of nitrogens with one attached hydrogen (secondary N) is 2. The van der Waals surface area contributed by atoms with Crippen molar-refractivity contribution in [1.82, 2.24) is 5.32 Å². The minimum atomic E-state index is -0.176. The summed E-state index contributed by atoms with van der Waals surface area (Å²) in [5.74, 6) is -0.280. The van der Waals surface area contributed by atoms with Gasteiger partial charge in [-0.15, -0.1) is 0 Å². The Morgan fingerprint density at radius 2 is 1.76 bits per heavy atom. The largest absolute Gasteiger partial charge is 0.355 e. The van der Waals surface area contributed by atoms with E-state index >= 15 is 0 Å². The molecule has 0 aliphatic rings. The number of anilines is 1. The number of aryl methyl sites for hydroxylation is 1. The Bertz CT molecular complexity index is 648. The predicted octanol–water partition coefficient (Wildman–Crippen LogP) is 2.54. The van der Waals surface area contributed by atoms with Crippen molar-refractivity contribution >= 4 is 17.5 Å². The van der Waals surface area contributed by atoms with E-state index in [4.69, 9.17) is 0 Å². The van der Waals surface area contributed by atoms with Crippen LogP contribution in [0.4, 0.5) is 5.69 Å². The summed E-state index contributed by atoms with van der Waals surface area (Å²) in [6, 6.07) is 14.7. The van der Waals surface area contributed by atoms with Gasteiger partial charge in [0.2, 0.25) is 5.91 Å². The van der Waals surface area contributed by atoms with Crippen LogP contribution in [-0.4, -0.2) is 18.9 Å². The lowest BCUT2D eigenvalue weighted by atomic mass is 10.1. The highest BCUT2D eigenvalue weighted by Gasteiger charge is 2.07. The SMILES string of the molecule is CNC(=O)c1cccc(NC(=O)Cc2ccc(C)cc2)c1. The lowest BCUT2D eigenvalue weighted by molar-refractivity contribution is -0.115. The van der Waals surface area contributed by atoms with E-state index in [0.29, 0.717) is 17.7 Å². The zero-order valence-electron chi connectivity index (χ0n) is 12.1. The summed E-state index contributed by atoms with van der Waals surface area (Å²) in [7, 11) is 1.57. The maximum absolute atomic E-state index is 12.0. The van der Waals surface area contributed by atoms with Crippen LogP contribution < -0.4 is 10.6 Å². The van der Waals surface area contributed by atoms with E-state index in [1.54, 1.807) is 31.3 Å².